The van der Waals surface area contributed by atoms with Crippen LogP contribution in [0.15, 0.2) is 48.8 Å². The second-order valence-corrected chi connectivity index (χ2v) is 6.40. The molecule has 28 heavy (non-hydrogen) atoms. The van der Waals surface area contributed by atoms with E-state index in [1.54, 1.807) is 37.5 Å². The maximum atomic E-state index is 12.9. The van der Waals surface area contributed by atoms with Gasteiger partial charge in [-0.3, -0.25) is 9.78 Å². The number of hydrogen-bond donors (Lipinski definition) is 1. The Morgan fingerprint density at radius 3 is 2.39 bits per heavy atom. The molecule has 0 aliphatic carbocycles. The van der Waals surface area contributed by atoms with E-state index in [1.807, 2.05) is 0 Å². The van der Waals surface area contributed by atoms with E-state index in [1.165, 1.54) is 20.3 Å². The fourth-order valence-electron chi connectivity index (χ4n) is 2.89. The van der Waals surface area contributed by atoms with Crippen molar-refractivity contribution in [1.29, 1.82) is 0 Å². The number of nitrogens with zero attached hydrogens (tertiary/aromatic N) is 1. The van der Waals surface area contributed by atoms with Gasteiger partial charge in [0.2, 0.25) is 5.91 Å². The minimum atomic E-state index is -4.42. The van der Waals surface area contributed by atoms with Gasteiger partial charge >= 0.3 is 6.18 Å². The Morgan fingerprint density at radius 2 is 1.82 bits per heavy atom. The van der Waals surface area contributed by atoms with Gasteiger partial charge in [0.15, 0.2) is 6.29 Å². The Balaban J connectivity index is 2.12. The maximum Gasteiger partial charge on any atom is 0.416 e. The minimum absolute atomic E-state index is 0.0121. The third kappa shape index (κ3) is 5.77. The molecule has 1 aromatic heterocycles. The zero-order valence-electron chi connectivity index (χ0n) is 15.9. The van der Waals surface area contributed by atoms with Crippen LogP contribution in [0.5, 0.6) is 0 Å². The summed E-state index contributed by atoms with van der Waals surface area (Å²) >= 11 is 0. The molecule has 1 amide bonds. The van der Waals surface area contributed by atoms with Crippen molar-refractivity contribution in [3.8, 4) is 0 Å². The van der Waals surface area contributed by atoms with E-state index in [-0.39, 0.29) is 12.3 Å². The normalized spacial score (nSPS) is 14.0. The second kappa shape index (κ2) is 9.66. The highest BCUT2D eigenvalue weighted by atomic mass is 19.4. The molecule has 2 unspecified atom stereocenters. The highest BCUT2D eigenvalue weighted by Crippen LogP contribution is 2.32. The molecular weight excluding hydrogens is 373 g/mol. The molecule has 152 valence electrons. The van der Waals surface area contributed by atoms with Gasteiger partial charge in [-0.25, -0.2) is 0 Å². The number of aromatic nitrogens is 1. The first-order chi connectivity index (χ1) is 13.3. The van der Waals surface area contributed by atoms with Gasteiger partial charge in [-0.2, -0.15) is 13.2 Å². The minimum Gasteiger partial charge on any atom is -0.353 e. The summed E-state index contributed by atoms with van der Waals surface area (Å²) in [4.78, 5) is 16.6. The third-order valence-corrected chi connectivity index (χ3v) is 4.37. The van der Waals surface area contributed by atoms with Crippen LogP contribution in [0.4, 0.5) is 13.2 Å². The number of amides is 1. The monoisotopic (exact) mass is 396 g/mol. The summed E-state index contributed by atoms with van der Waals surface area (Å²) in [6.45, 7) is 1.71. The van der Waals surface area contributed by atoms with Crippen molar-refractivity contribution >= 4 is 5.91 Å². The zero-order valence-corrected chi connectivity index (χ0v) is 15.9. The lowest BCUT2D eigenvalue weighted by molar-refractivity contribution is -0.138. The number of rotatable bonds is 8. The lowest BCUT2D eigenvalue weighted by Gasteiger charge is -2.26. The second-order valence-electron chi connectivity index (χ2n) is 6.40. The van der Waals surface area contributed by atoms with Crippen LogP contribution in [0.25, 0.3) is 0 Å². The molecule has 5 nitrogen and oxygen atoms in total. The molecule has 0 saturated heterocycles. The SMILES string of the molecule is COC(OC)C(NC(=O)CC(C)c1cccc(C(F)(F)F)c1)c1cccnc1. The first-order valence-corrected chi connectivity index (χ1v) is 8.68. The molecule has 0 saturated carbocycles. The van der Waals surface area contributed by atoms with Crippen LogP contribution in [0.2, 0.25) is 0 Å². The van der Waals surface area contributed by atoms with Crippen LogP contribution in [0.1, 0.15) is 42.0 Å². The van der Waals surface area contributed by atoms with E-state index in [4.69, 9.17) is 9.47 Å². The van der Waals surface area contributed by atoms with Crippen molar-refractivity contribution in [3.63, 3.8) is 0 Å². The molecular formula is C20H23F3N2O3. The van der Waals surface area contributed by atoms with E-state index in [0.717, 1.165) is 12.1 Å². The Morgan fingerprint density at radius 1 is 1.14 bits per heavy atom. The van der Waals surface area contributed by atoms with E-state index < -0.39 is 30.0 Å². The van der Waals surface area contributed by atoms with Crippen LogP contribution < -0.4 is 5.32 Å². The van der Waals surface area contributed by atoms with Crippen molar-refractivity contribution < 1.29 is 27.4 Å². The molecule has 1 N–H and O–H groups in total. The average molecular weight is 396 g/mol. The molecule has 1 heterocycles. The Labute approximate surface area is 161 Å². The van der Waals surface area contributed by atoms with Crippen molar-refractivity contribution in [2.75, 3.05) is 14.2 Å². The number of ether oxygens (including phenoxy) is 2. The van der Waals surface area contributed by atoms with Crippen molar-refractivity contribution in [2.45, 2.75) is 37.8 Å². The molecule has 0 aliphatic heterocycles. The fraction of sp³-hybridized carbons (Fsp3) is 0.400. The summed E-state index contributed by atoms with van der Waals surface area (Å²) in [6, 6.07) is 7.90. The lowest BCUT2D eigenvalue weighted by Crippen LogP contribution is -2.38. The lowest BCUT2D eigenvalue weighted by atomic mass is 9.95. The Bertz CT molecular complexity index is 765. The first-order valence-electron chi connectivity index (χ1n) is 8.68. The molecule has 0 bridgehead atoms. The summed E-state index contributed by atoms with van der Waals surface area (Å²) in [6.07, 6.45) is -1.96. The number of alkyl halides is 3. The summed E-state index contributed by atoms with van der Waals surface area (Å²) in [5.74, 6) is -0.738. The molecule has 0 aliphatic rings. The number of carbonyl (C=O) groups is 1. The van der Waals surface area contributed by atoms with Gasteiger partial charge < -0.3 is 14.8 Å². The number of carbonyl (C=O) groups excluding carboxylic acids is 1. The van der Waals surface area contributed by atoms with Gasteiger partial charge in [-0.1, -0.05) is 31.2 Å². The third-order valence-electron chi connectivity index (χ3n) is 4.37. The zero-order chi connectivity index (χ0) is 20.7. The topological polar surface area (TPSA) is 60.5 Å². The summed E-state index contributed by atoms with van der Waals surface area (Å²) < 4.78 is 49.3. The maximum absolute atomic E-state index is 12.9. The summed E-state index contributed by atoms with van der Waals surface area (Å²) in [5, 5.41) is 2.83. The highest BCUT2D eigenvalue weighted by Gasteiger charge is 2.31. The fourth-order valence-corrected chi connectivity index (χ4v) is 2.89. The summed E-state index contributed by atoms with van der Waals surface area (Å²) in [5.41, 5.74) is 0.401. The highest BCUT2D eigenvalue weighted by molar-refractivity contribution is 5.77. The molecule has 2 aromatic rings. The van der Waals surface area contributed by atoms with E-state index >= 15 is 0 Å². The smallest absolute Gasteiger partial charge is 0.353 e. The number of benzene rings is 1. The number of methoxy groups -OCH3 is 2. The number of hydrogen-bond acceptors (Lipinski definition) is 4. The Hall–Kier alpha value is -2.45. The Kier molecular flexibility index (Phi) is 7.53. The van der Waals surface area contributed by atoms with E-state index in [0.29, 0.717) is 11.1 Å². The predicted molar refractivity (Wildman–Crippen MR) is 97.4 cm³/mol. The molecule has 0 spiro atoms. The van der Waals surface area contributed by atoms with Crippen molar-refractivity contribution in [3.05, 3.63) is 65.5 Å². The van der Waals surface area contributed by atoms with Gasteiger partial charge in [0.05, 0.1) is 5.56 Å². The van der Waals surface area contributed by atoms with E-state index in [2.05, 4.69) is 10.3 Å². The largest absolute Gasteiger partial charge is 0.416 e. The quantitative estimate of drug-likeness (QED) is 0.684. The van der Waals surface area contributed by atoms with Crippen LogP contribution in [-0.4, -0.2) is 31.4 Å². The van der Waals surface area contributed by atoms with Crippen LogP contribution in [-0.2, 0) is 20.4 Å². The van der Waals surface area contributed by atoms with Gasteiger partial charge in [0.1, 0.15) is 6.04 Å². The van der Waals surface area contributed by atoms with E-state index in [9.17, 15) is 18.0 Å². The molecule has 2 atom stereocenters. The molecule has 1 aromatic carbocycles. The molecule has 0 fully saturated rings. The first kappa shape index (κ1) is 21.8. The van der Waals surface area contributed by atoms with Gasteiger partial charge in [-0.05, 0) is 29.2 Å². The molecule has 0 radical (unpaired) electrons. The van der Waals surface area contributed by atoms with Gasteiger partial charge in [0, 0.05) is 33.0 Å². The average Bonchev–Trinajstić information content (AvgIpc) is 2.68. The van der Waals surface area contributed by atoms with Crippen molar-refractivity contribution in [1.82, 2.24) is 10.3 Å². The number of nitrogens with one attached hydrogen (secondary N) is 1. The van der Waals surface area contributed by atoms with Crippen LogP contribution in [0.3, 0.4) is 0 Å². The van der Waals surface area contributed by atoms with Crippen molar-refractivity contribution in [2.24, 2.45) is 0 Å². The molecule has 8 heteroatoms. The van der Waals surface area contributed by atoms with Gasteiger partial charge in [0.25, 0.3) is 0 Å². The molecule has 2 rings (SSSR count). The van der Waals surface area contributed by atoms with Crippen LogP contribution in [0, 0.1) is 0 Å². The standard InChI is InChI=1S/C20H23F3N2O3/c1-13(14-6-4-8-16(11-14)20(21,22)23)10-17(26)25-18(19(27-2)28-3)15-7-5-9-24-12-15/h4-9,11-13,18-19H,10H2,1-3H3,(H,25,26). The predicted octanol–water partition coefficient (Wildman–Crippen LogP) is 4.07. The number of pyridine rings is 1. The summed E-state index contributed by atoms with van der Waals surface area (Å²) in [7, 11) is 2.91. The number of halogens is 3. The van der Waals surface area contributed by atoms with Gasteiger partial charge in [-0.15, -0.1) is 0 Å². The van der Waals surface area contributed by atoms with Crippen LogP contribution >= 0.6 is 0 Å².